The molecule has 1 aliphatic rings. The normalized spacial score (nSPS) is 15.1. The molecular weight excluding hydrogens is 439 g/mol. The van der Waals surface area contributed by atoms with Crippen LogP contribution in [0.15, 0.2) is 41.3 Å². The molecule has 1 amide bonds. The van der Waals surface area contributed by atoms with Gasteiger partial charge >= 0.3 is 0 Å². The maximum atomic E-state index is 12.9. The summed E-state index contributed by atoms with van der Waals surface area (Å²) in [6.07, 6.45) is 0. The van der Waals surface area contributed by atoms with Crippen LogP contribution in [0, 0.1) is 0 Å². The Hall–Kier alpha value is -1.84. The van der Waals surface area contributed by atoms with Gasteiger partial charge in [0.1, 0.15) is 10.6 Å². The predicted molar refractivity (Wildman–Crippen MR) is 112 cm³/mol. The van der Waals surface area contributed by atoms with Crippen LogP contribution in [0.5, 0.6) is 5.75 Å². The van der Waals surface area contributed by atoms with Gasteiger partial charge in [-0.2, -0.15) is 4.31 Å². The summed E-state index contributed by atoms with van der Waals surface area (Å²) in [7, 11) is -3.88. The monoisotopic (exact) mass is 458 g/mol. The molecule has 7 nitrogen and oxygen atoms in total. The molecule has 1 saturated heterocycles. The van der Waals surface area contributed by atoms with E-state index >= 15 is 0 Å². The molecule has 1 aliphatic heterocycles. The van der Waals surface area contributed by atoms with Gasteiger partial charge in [-0.3, -0.25) is 4.79 Å². The average Bonchev–Trinajstić information content (AvgIpc) is 2.70. The first-order valence-corrected chi connectivity index (χ1v) is 11.1. The fourth-order valence-corrected chi connectivity index (χ4v) is 5.07. The van der Waals surface area contributed by atoms with Crippen LogP contribution in [0.2, 0.25) is 10.0 Å². The zero-order valence-electron chi connectivity index (χ0n) is 15.7. The summed E-state index contributed by atoms with van der Waals surface area (Å²) in [5.74, 6) is 0.128. The van der Waals surface area contributed by atoms with Crippen molar-refractivity contribution in [3.05, 3.63) is 52.0 Å². The Labute approximate surface area is 179 Å². The lowest BCUT2D eigenvalue weighted by Gasteiger charge is -2.26. The maximum absolute atomic E-state index is 12.9. The van der Waals surface area contributed by atoms with E-state index < -0.39 is 15.9 Å². The van der Waals surface area contributed by atoms with Gasteiger partial charge in [0.15, 0.2) is 0 Å². The zero-order chi connectivity index (χ0) is 21.0. The second-order valence-electron chi connectivity index (χ2n) is 6.19. The zero-order valence-corrected chi connectivity index (χ0v) is 18.0. The molecule has 3 rings (SSSR count). The van der Waals surface area contributed by atoms with Crippen molar-refractivity contribution in [2.45, 2.75) is 11.8 Å². The van der Waals surface area contributed by atoms with Gasteiger partial charge in [-0.1, -0.05) is 23.2 Å². The molecule has 29 heavy (non-hydrogen) atoms. The molecule has 0 radical (unpaired) electrons. The van der Waals surface area contributed by atoms with Crippen molar-refractivity contribution in [2.75, 3.05) is 38.2 Å². The maximum Gasteiger partial charge on any atom is 0.257 e. The summed E-state index contributed by atoms with van der Waals surface area (Å²) in [4.78, 5) is 12.5. The number of rotatable bonds is 6. The van der Waals surface area contributed by atoms with Crippen molar-refractivity contribution < 1.29 is 22.7 Å². The number of amides is 1. The van der Waals surface area contributed by atoms with Gasteiger partial charge in [0.25, 0.3) is 5.91 Å². The number of anilines is 1. The molecule has 1 N–H and O–H groups in total. The fourth-order valence-electron chi connectivity index (χ4n) is 2.83. The number of carbonyl (C=O) groups is 1. The Bertz CT molecular complexity index is 990. The van der Waals surface area contributed by atoms with E-state index in [-0.39, 0.29) is 33.6 Å². The standard InChI is InChI=1S/C19H20Cl2N2O5S/c1-2-28-14-5-3-13(4-6-14)22-19(24)15-11-18(17(21)12-16(15)20)29(25,26)23-7-9-27-10-8-23/h3-6,11-12H,2,7-10H2,1H3,(H,22,24). The molecule has 156 valence electrons. The number of carbonyl (C=O) groups excluding carboxylic acids is 1. The van der Waals surface area contributed by atoms with Gasteiger partial charge in [-0.25, -0.2) is 8.42 Å². The van der Waals surface area contributed by atoms with Crippen LogP contribution in [0.25, 0.3) is 0 Å². The molecule has 10 heteroatoms. The van der Waals surface area contributed by atoms with Crippen LogP contribution in [0.4, 0.5) is 5.69 Å². The Morgan fingerprint density at radius 1 is 1.14 bits per heavy atom. The second-order valence-corrected chi connectivity index (χ2v) is 8.91. The molecule has 2 aromatic rings. The number of benzene rings is 2. The van der Waals surface area contributed by atoms with E-state index in [1.807, 2.05) is 6.92 Å². The molecule has 2 aromatic carbocycles. The van der Waals surface area contributed by atoms with Gasteiger partial charge in [0.2, 0.25) is 10.0 Å². The highest BCUT2D eigenvalue weighted by Crippen LogP contribution is 2.31. The number of hydrogen-bond donors (Lipinski definition) is 1. The smallest absolute Gasteiger partial charge is 0.257 e. The lowest BCUT2D eigenvalue weighted by Crippen LogP contribution is -2.40. The van der Waals surface area contributed by atoms with E-state index in [2.05, 4.69) is 5.32 Å². The third kappa shape index (κ3) is 5.02. The number of halogens is 2. The van der Waals surface area contributed by atoms with E-state index in [1.54, 1.807) is 24.3 Å². The summed E-state index contributed by atoms with van der Waals surface area (Å²) in [5, 5.41) is 2.71. The average molecular weight is 459 g/mol. The first-order chi connectivity index (χ1) is 13.8. The van der Waals surface area contributed by atoms with Gasteiger partial charge in [0.05, 0.1) is 35.4 Å². The van der Waals surface area contributed by atoms with Crippen molar-refractivity contribution in [1.29, 1.82) is 0 Å². The van der Waals surface area contributed by atoms with Crippen molar-refractivity contribution in [3.63, 3.8) is 0 Å². The van der Waals surface area contributed by atoms with Crippen LogP contribution in [0.3, 0.4) is 0 Å². The highest BCUT2D eigenvalue weighted by atomic mass is 35.5. The van der Waals surface area contributed by atoms with Gasteiger partial charge in [-0.15, -0.1) is 0 Å². The van der Waals surface area contributed by atoms with E-state index in [0.717, 1.165) is 0 Å². The number of ether oxygens (including phenoxy) is 2. The van der Waals surface area contributed by atoms with Crippen molar-refractivity contribution in [1.82, 2.24) is 4.31 Å². The van der Waals surface area contributed by atoms with Crippen molar-refractivity contribution >= 4 is 44.8 Å². The van der Waals surface area contributed by atoms with Crippen LogP contribution in [-0.2, 0) is 14.8 Å². The number of nitrogens with zero attached hydrogens (tertiary/aromatic N) is 1. The molecule has 0 atom stereocenters. The minimum absolute atomic E-state index is 0.0109. The summed E-state index contributed by atoms with van der Waals surface area (Å²) in [5.41, 5.74) is 0.527. The van der Waals surface area contributed by atoms with Crippen LogP contribution < -0.4 is 10.1 Å². The number of sulfonamides is 1. The van der Waals surface area contributed by atoms with E-state index in [9.17, 15) is 13.2 Å². The second kappa shape index (κ2) is 9.32. The molecule has 1 heterocycles. The largest absolute Gasteiger partial charge is 0.494 e. The van der Waals surface area contributed by atoms with Crippen molar-refractivity contribution in [3.8, 4) is 5.75 Å². The Balaban J connectivity index is 1.87. The molecule has 0 aromatic heterocycles. The molecule has 0 bridgehead atoms. The lowest BCUT2D eigenvalue weighted by atomic mass is 10.2. The first kappa shape index (κ1) is 21.9. The third-order valence-electron chi connectivity index (χ3n) is 4.28. The highest BCUT2D eigenvalue weighted by Gasteiger charge is 2.30. The topological polar surface area (TPSA) is 84.9 Å². The SMILES string of the molecule is CCOc1ccc(NC(=O)c2cc(S(=O)(=O)N3CCOCC3)c(Cl)cc2Cl)cc1. The molecular formula is C19H20Cl2N2O5S. The van der Waals surface area contributed by atoms with E-state index in [1.165, 1.54) is 16.4 Å². The van der Waals surface area contributed by atoms with Crippen LogP contribution in [0.1, 0.15) is 17.3 Å². The van der Waals surface area contributed by atoms with E-state index in [4.69, 9.17) is 32.7 Å². The highest BCUT2D eigenvalue weighted by molar-refractivity contribution is 7.89. The summed E-state index contributed by atoms with van der Waals surface area (Å²) < 4.78 is 37.7. The Morgan fingerprint density at radius 2 is 1.79 bits per heavy atom. The van der Waals surface area contributed by atoms with Gasteiger partial charge in [0, 0.05) is 18.8 Å². The minimum Gasteiger partial charge on any atom is -0.494 e. The summed E-state index contributed by atoms with van der Waals surface area (Å²) in [6, 6.07) is 9.27. The van der Waals surface area contributed by atoms with Crippen LogP contribution in [-0.4, -0.2) is 51.5 Å². The molecule has 0 unspecified atom stereocenters. The fraction of sp³-hybridized carbons (Fsp3) is 0.316. The molecule has 0 saturated carbocycles. The molecule has 0 aliphatic carbocycles. The molecule has 0 spiro atoms. The first-order valence-electron chi connectivity index (χ1n) is 8.94. The Morgan fingerprint density at radius 3 is 2.41 bits per heavy atom. The third-order valence-corrected chi connectivity index (χ3v) is 6.95. The summed E-state index contributed by atoms with van der Waals surface area (Å²) in [6.45, 7) is 3.45. The van der Waals surface area contributed by atoms with Crippen molar-refractivity contribution in [2.24, 2.45) is 0 Å². The lowest BCUT2D eigenvalue weighted by molar-refractivity contribution is 0.0730. The number of hydrogen-bond acceptors (Lipinski definition) is 5. The minimum atomic E-state index is -3.88. The van der Waals surface area contributed by atoms with Crippen LogP contribution >= 0.6 is 23.2 Å². The molecule has 1 fully saturated rings. The number of morpholine rings is 1. The predicted octanol–water partition coefficient (Wildman–Crippen LogP) is 3.67. The quantitative estimate of drug-likeness (QED) is 0.713. The Kier molecular flexibility index (Phi) is 7.02. The summed E-state index contributed by atoms with van der Waals surface area (Å²) >= 11 is 12.3. The van der Waals surface area contributed by atoms with Gasteiger partial charge < -0.3 is 14.8 Å². The van der Waals surface area contributed by atoms with Gasteiger partial charge in [-0.05, 0) is 43.3 Å². The number of nitrogens with one attached hydrogen (secondary N) is 1. The van der Waals surface area contributed by atoms with E-state index in [0.29, 0.717) is 31.3 Å².